The van der Waals surface area contributed by atoms with Crippen LogP contribution in [0.4, 0.5) is 0 Å². The second kappa shape index (κ2) is 7.70. The van der Waals surface area contributed by atoms with E-state index in [0.29, 0.717) is 5.82 Å². The quantitative estimate of drug-likeness (QED) is 0.485. The lowest BCUT2D eigenvalue weighted by Crippen LogP contribution is -2.00. The summed E-state index contributed by atoms with van der Waals surface area (Å²) in [5, 5.41) is 3.87. The molecule has 1 heterocycles. The van der Waals surface area contributed by atoms with Crippen LogP contribution in [0.5, 0.6) is 0 Å². The number of carbonyl (C=O) groups is 1. The van der Waals surface area contributed by atoms with Gasteiger partial charge in [0.25, 0.3) is 5.89 Å². The third-order valence-electron chi connectivity index (χ3n) is 3.12. The average Bonchev–Trinajstić information content (AvgIpc) is 3.09. The SMILES string of the molecule is O=C(/C=C/c1ccc(Br)cc1)OCc1nc(-c2ccccc2)no1. The zero-order valence-electron chi connectivity index (χ0n) is 12.6. The maximum Gasteiger partial charge on any atom is 0.331 e. The van der Waals surface area contributed by atoms with Crippen LogP contribution in [0.2, 0.25) is 0 Å². The molecule has 120 valence electrons. The summed E-state index contributed by atoms with van der Waals surface area (Å²) >= 11 is 3.36. The molecule has 0 radical (unpaired) electrons. The maximum atomic E-state index is 11.7. The lowest BCUT2D eigenvalue weighted by atomic mass is 10.2. The minimum atomic E-state index is -0.475. The summed E-state index contributed by atoms with van der Waals surface area (Å²) in [6.07, 6.45) is 3.04. The van der Waals surface area contributed by atoms with E-state index in [4.69, 9.17) is 9.26 Å². The van der Waals surface area contributed by atoms with Gasteiger partial charge in [-0.05, 0) is 23.8 Å². The summed E-state index contributed by atoms with van der Waals surface area (Å²) in [4.78, 5) is 15.9. The van der Waals surface area contributed by atoms with Gasteiger partial charge in [0.05, 0.1) is 0 Å². The second-order valence-electron chi connectivity index (χ2n) is 4.87. The van der Waals surface area contributed by atoms with Crippen LogP contribution < -0.4 is 0 Å². The van der Waals surface area contributed by atoms with Crippen LogP contribution in [0, 0.1) is 0 Å². The van der Waals surface area contributed by atoms with E-state index in [1.807, 2.05) is 54.6 Å². The Balaban J connectivity index is 1.55. The predicted octanol–water partition coefficient (Wildman–Crippen LogP) is 4.26. The Morgan fingerprint density at radius 2 is 1.88 bits per heavy atom. The summed E-state index contributed by atoms with van der Waals surface area (Å²) < 4.78 is 11.1. The number of hydrogen-bond donors (Lipinski definition) is 0. The van der Waals surface area contributed by atoms with Crippen molar-refractivity contribution in [1.29, 1.82) is 0 Å². The molecule has 0 N–H and O–H groups in total. The molecule has 0 amide bonds. The van der Waals surface area contributed by atoms with Crippen molar-refractivity contribution in [3.8, 4) is 11.4 Å². The largest absolute Gasteiger partial charge is 0.452 e. The van der Waals surface area contributed by atoms with Crippen LogP contribution in [-0.4, -0.2) is 16.1 Å². The first-order chi connectivity index (χ1) is 11.7. The van der Waals surface area contributed by atoms with E-state index in [1.54, 1.807) is 6.08 Å². The topological polar surface area (TPSA) is 65.2 Å². The highest BCUT2D eigenvalue weighted by molar-refractivity contribution is 9.10. The second-order valence-corrected chi connectivity index (χ2v) is 5.79. The highest BCUT2D eigenvalue weighted by Gasteiger charge is 2.09. The van der Waals surface area contributed by atoms with Gasteiger partial charge in [0.2, 0.25) is 5.82 Å². The van der Waals surface area contributed by atoms with Gasteiger partial charge in [-0.15, -0.1) is 0 Å². The van der Waals surface area contributed by atoms with E-state index >= 15 is 0 Å². The number of hydrogen-bond acceptors (Lipinski definition) is 5. The molecule has 0 saturated carbocycles. The average molecular weight is 385 g/mol. The molecule has 3 aromatic rings. The van der Waals surface area contributed by atoms with Crippen molar-refractivity contribution in [3.05, 3.63) is 76.6 Å². The van der Waals surface area contributed by atoms with Gasteiger partial charge in [-0.3, -0.25) is 0 Å². The Kier molecular flexibility index (Phi) is 5.18. The number of rotatable bonds is 5. The molecule has 3 rings (SSSR count). The van der Waals surface area contributed by atoms with Crippen LogP contribution in [0.25, 0.3) is 17.5 Å². The van der Waals surface area contributed by atoms with E-state index < -0.39 is 5.97 Å². The highest BCUT2D eigenvalue weighted by atomic mass is 79.9. The fourth-order valence-electron chi connectivity index (χ4n) is 1.94. The predicted molar refractivity (Wildman–Crippen MR) is 92.7 cm³/mol. The van der Waals surface area contributed by atoms with Gasteiger partial charge in [-0.1, -0.05) is 63.6 Å². The summed E-state index contributed by atoms with van der Waals surface area (Å²) in [5.41, 5.74) is 1.74. The van der Waals surface area contributed by atoms with Gasteiger partial charge < -0.3 is 9.26 Å². The first-order valence-electron chi connectivity index (χ1n) is 7.19. The Hall–Kier alpha value is -2.73. The van der Waals surface area contributed by atoms with Crippen LogP contribution in [0.3, 0.4) is 0 Å². The number of carbonyl (C=O) groups excluding carboxylic acids is 1. The minimum absolute atomic E-state index is 0.0661. The molecule has 0 unspecified atom stereocenters. The van der Waals surface area contributed by atoms with Crippen molar-refractivity contribution in [3.63, 3.8) is 0 Å². The summed E-state index contributed by atoms with van der Waals surface area (Å²) in [6.45, 7) is -0.0661. The van der Waals surface area contributed by atoms with E-state index in [-0.39, 0.29) is 12.5 Å². The zero-order valence-corrected chi connectivity index (χ0v) is 14.1. The number of ether oxygens (including phenoxy) is 1. The van der Waals surface area contributed by atoms with Crippen molar-refractivity contribution in [2.45, 2.75) is 6.61 Å². The van der Waals surface area contributed by atoms with Crippen molar-refractivity contribution < 1.29 is 14.1 Å². The monoisotopic (exact) mass is 384 g/mol. The van der Waals surface area contributed by atoms with Crippen LogP contribution in [0.1, 0.15) is 11.5 Å². The minimum Gasteiger partial charge on any atom is -0.452 e. The molecule has 0 aliphatic carbocycles. The zero-order chi connectivity index (χ0) is 16.8. The fraction of sp³-hybridized carbons (Fsp3) is 0.0556. The summed E-state index contributed by atoms with van der Waals surface area (Å²) in [7, 11) is 0. The summed E-state index contributed by atoms with van der Waals surface area (Å²) in [6, 6.07) is 17.0. The third kappa shape index (κ3) is 4.39. The molecule has 0 saturated heterocycles. The molecule has 1 aromatic heterocycles. The molecule has 6 heteroatoms. The number of nitrogens with zero attached hydrogens (tertiary/aromatic N) is 2. The van der Waals surface area contributed by atoms with Crippen molar-refractivity contribution in [1.82, 2.24) is 10.1 Å². The Morgan fingerprint density at radius 3 is 2.62 bits per heavy atom. The molecule has 24 heavy (non-hydrogen) atoms. The fourth-order valence-corrected chi connectivity index (χ4v) is 2.20. The number of halogens is 1. The van der Waals surface area contributed by atoms with Crippen molar-refractivity contribution in [2.75, 3.05) is 0 Å². The molecule has 0 aliphatic rings. The molecule has 0 aliphatic heterocycles. The molecular formula is C18H13BrN2O3. The van der Waals surface area contributed by atoms with Crippen LogP contribution in [0.15, 0.2) is 69.7 Å². The van der Waals surface area contributed by atoms with Gasteiger partial charge in [0.1, 0.15) is 0 Å². The van der Waals surface area contributed by atoms with Gasteiger partial charge in [-0.2, -0.15) is 4.98 Å². The van der Waals surface area contributed by atoms with Crippen molar-refractivity contribution >= 4 is 28.0 Å². The third-order valence-corrected chi connectivity index (χ3v) is 3.65. The molecule has 2 aromatic carbocycles. The van der Waals surface area contributed by atoms with E-state index in [0.717, 1.165) is 15.6 Å². The molecule has 0 atom stereocenters. The molecule has 5 nitrogen and oxygen atoms in total. The Bertz CT molecular complexity index is 842. The van der Waals surface area contributed by atoms with Gasteiger partial charge in [0, 0.05) is 16.1 Å². The standard InChI is InChI=1S/C18H13BrN2O3/c19-15-9-6-13(7-10-15)8-11-17(22)23-12-16-20-18(21-24-16)14-4-2-1-3-5-14/h1-11H,12H2/b11-8+. The maximum absolute atomic E-state index is 11.7. The molecule has 0 fully saturated rings. The van der Waals surface area contributed by atoms with Crippen LogP contribution in [-0.2, 0) is 16.1 Å². The number of aromatic nitrogens is 2. The van der Waals surface area contributed by atoms with E-state index in [9.17, 15) is 4.79 Å². The molecule has 0 spiro atoms. The Labute approximate surface area is 147 Å². The smallest absolute Gasteiger partial charge is 0.331 e. The Morgan fingerprint density at radius 1 is 1.12 bits per heavy atom. The lowest BCUT2D eigenvalue weighted by Gasteiger charge is -1.97. The molecular weight excluding hydrogens is 372 g/mol. The van der Waals surface area contributed by atoms with Gasteiger partial charge in [-0.25, -0.2) is 4.79 Å². The van der Waals surface area contributed by atoms with Crippen LogP contribution >= 0.6 is 15.9 Å². The normalized spacial score (nSPS) is 10.9. The first-order valence-corrected chi connectivity index (χ1v) is 7.98. The lowest BCUT2D eigenvalue weighted by molar-refractivity contribution is -0.139. The van der Waals surface area contributed by atoms with Gasteiger partial charge >= 0.3 is 5.97 Å². The van der Waals surface area contributed by atoms with E-state index in [1.165, 1.54) is 6.08 Å². The van der Waals surface area contributed by atoms with E-state index in [2.05, 4.69) is 26.1 Å². The number of esters is 1. The highest BCUT2D eigenvalue weighted by Crippen LogP contribution is 2.15. The number of benzene rings is 2. The summed E-state index contributed by atoms with van der Waals surface area (Å²) in [5.74, 6) is 0.240. The van der Waals surface area contributed by atoms with Gasteiger partial charge in [0.15, 0.2) is 6.61 Å². The molecule has 0 bridgehead atoms. The first kappa shape index (κ1) is 16.1. The van der Waals surface area contributed by atoms with Crippen molar-refractivity contribution in [2.24, 2.45) is 0 Å².